The van der Waals surface area contributed by atoms with Gasteiger partial charge < -0.3 is 20.0 Å². The van der Waals surface area contributed by atoms with Gasteiger partial charge in [-0.05, 0) is 68.2 Å². The summed E-state index contributed by atoms with van der Waals surface area (Å²) in [5.74, 6) is 1.98. The summed E-state index contributed by atoms with van der Waals surface area (Å²) in [5.41, 5.74) is 2.99. The predicted octanol–water partition coefficient (Wildman–Crippen LogP) is 3.54. The maximum absolute atomic E-state index is 5.48. The Morgan fingerprint density at radius 2 is 1.73 bits per heavy atom. The number of aryl methyl sites for hydroxylation is 1. The Labute approximate surface area is 179 Å². The Bertz CT molecular complexity index is 835. The third-order valence-corrected chi connectivity index (χ3v) is 6.83. The van der Waals surface area contributed by atoms with Gasteiger partial charge in [-0.15, -0.1) is 0 Å². The number of nitrogens with one attached hydrogen (secondary N) is 2. The average Bonchev–Trinajstić information content (AvgIpc) is 3.50. The second-order valence-electron chi connectivity index (χ2n) is 9.10. The molecule has 3 aliphatic rings. The molecule has 1 aromatic carbocycles. The Hall–Kier alpha value is -2.27. The van der Waals surface area contributed by atoms with Crippen molar-refractivity contribution >= 4 is 5.96 Å². The minimum Gasteiger partial charge on any atom is -0.469 e. The van der Waals surface area contributed by atoms with E-state index in [1.807, 2.05) is 12.1 Å². The van der Waals surface area contributed by atoms with E-state index < -0.39 is 0 Å². The van der Waals surface area contributed by atoms with E-state index >= 15 is 0 Å². The molecule has 160 valence electrons. The lowest BCUT2D eigenvalue weighted by molar-refractivity contribution is 0.197. The van der Waals surface area contributed by atoms with Crippen LogP contribution in [0.15, 0.2) is 52.1 Å². The van der Waals surface area contributed by atoms with Gasteiger partial charge in [0.2, 0.25) is 0 Å². The van der Waals surface area contributed by atoms with Crippen molar-refractivity contribution in [1.29, 1.82) is 0 Å². The fourth-order valence-electron chi connectivity index (χ4n) is 4.92. The summed E-state index contributed by atoms with van der Waals surface area (Å²) >= 11 is 0. The third kappa shape index (κ3) is 5.07. The molecule has 0 amide bonds. The van der Waals surface area contributed by atoms with E-state index in [0.29, 0.717) is 12.1 Å². The fraction of sp³-hybridized carbons (Fsp3) is 0.560. The summed E-state index contributed by atoms with van der Waals surface area (Å²) < 4.78 is 5.48. The zero-order chi connectivity index (χ0) is 20.2. The number of aliphatic imine (C=N–C) groups is 1. The molecule has 1 aliphatic heterocycles. The van der Waals surface area contributed by atoms with Crippen LogP contribution in [0.25, 0.3) is 0 Å². The highest BCUT2D eigenvalue weighted by atomic mass is 16.3. The Morgan fingerprint density at radius 3 is 2.50 bits per heavy atom. The van der Waals surface area contributed by atoms with Crippen LogP contribution in [0.1, 0.15) is 49.0 Å². The molecule has 2 aliphatic carbocycles. The lowest BCUT2D eigenvalue weighted by Crippen LogP contribution is -2.52. The molecule has 1 unspecified atom stereocenters. The highest BCUT2D eigenvalue weighted by Crippen LogP contribution is 2.29. The maximum atomic E-state index is 5.48. The van der Waals surface area contributed by atoms with Crippen LogP contribution in [-0.2, 0) is 19.3 Å². The number of rotatable bonds is 6. The number of likely N-dealkylation sites (tertiary alicyclic amines) is 1. The van der Waals surface area contributed by atoms with Crippen molar-refractivity contribution in [2.24, 2.45) is 4.99 Å². The average molecular weight is 407 g/mol. The molecule has 0 bridgehead atoms. The molecule has 2 heterocycles. The first kappa shape index (κ1) is 19.7. The SMILES string of the molecule is c1coc(CCN=C(NC2CCN(C3CC3)CC2)NC2CCc3ccccc3C2)c1. The summed E-state index contributed by atoms with van der Waals surface area (Å²) in [6, 6.07) is 14.7. The van der Waals surface area contributed by atoms with Crippen LogP contribution in [0.3, 0.4) is 0 Å². The van der Waals surface area contributed by atoms with Crippen LogP contribution < -0.4 is 10.6 Å². The van der Waals surface area contributed by atoms with Gasteiger partial charge in [0.05, 0.1) is 6.26 Å². The minimum atomic E-state index is 0.446. The largest absolute Gasteiger partial charge is 0.469 e. The first-order valence-corrected chi connectivity index (χ1v) is 11.7. The number of piperidine rings is 1. The van der Waals surface area contributed by atoms with Crippen molar-refractivity contribution in [3.05, 3.63) is 59.5 Å². The molecule has 2 N–H and O–H groups in total. The van der Waals surface area contributed by atoms with Gasteiger partial charge in [-0.25, -0.2) is 0 Å². The predicted molar refractivity (Wildman–Crippen MR) is 121 cm³/mol. The molecule has 1 aromatic heterocycles. The number of benzene rings is 1. The fourth-order valence-corrected chi connectivity index (χ4v) is 4.92. The summed E-state index contributed by atoms with van der Waals surface area (Å²) in [4.78, 5) is 7.61. The van der Waals surface area contributed by atoms with Gasteiger partial charge in [0.25, 0.3) is 0 Å². The normalized spacial score (nSPS) is 23.2. The highest BCUT2D eigenvalue weighted by Gasteiger charge is 2.32. The van der Waals surface area contributed by atoms with E-state index in [0.717, 1.165) is 50.0 Å². The number of nitrogens with zero attached hydrogens (tertiary/aromatic N) is 2. The third-order valence-electron chi connectivity index (χ3n) is 6.83. The molecule has 1 atom stereocenters. The standard InChI is InChI=1S/C25H34N4O/c1-2-5-20-18-22(8-7-19(20)4-1)28-25(26-14-11-24-6-3-17-30-24)27-21-12-15-29(16-13-21)23-9-10-23/h1-6,17,21-23H,7-16,18H2,(H2,26,27,28). The van der Waals surface area contributed by atoms with E-state index in [4.69, 9.17) is 9.41 Å². The van der Waals surface area contributed by atoms with Crippen molar-refractivity contribution in [2.75, 3.05) is 19.6 Å². The lowest BCUT2D eigenvalue weighted by Gasteiger charge is -2.34. The van der Waals surface area contributed by atoms with Crippen LogP contribution in [-0.4, -0.2) is 48.6 Å². The molecular formula is C25H34N4O. The topological polar surface area (TPSA) is 52.8 Å². The monoisotopic (exact) mass is 406 g/mol. The zero-order valence-corrected chi connectivity index (χ0v) is 17.9. The molecule has 0 radical (unpaired) electrons. The van der Waals surface area contributed by atoms with Crippen molar-refractivity contribution in [3.63, 3.8) is 0 Å². The number of fused-ring (bicyclic) bond motifs is 1. The van der Waals surface area contributed by atoms with E-state index in [1.54, 1.807) is 6.26 Å². The Balaban J connectivity index is 1.20. The minimum absolute atomic E-state index is 0.446. The van der Waals surface area contributed by atoms with Crippen LogP contribution in [0, 0.1) is 0 Å². The number of hydrogen-bond donors (Lipinski definition) is 2. The van der Waals surface area contributed by atoms with Crippen molar-refractivity contribution in [1.82, 2.24) is 15.5 Å². The van der Waals surface area contributed by atoms with Gasteiger partial charge >= 0.3 is 0 Å². The van der Waals surface area contributed by atoms with Crippen LogP contribution >= 0.6 is 0 Å². The first-order valence-electron chi connectivity index (χ1n) is 11.7. The maximum Gasteiger partial charge on any atom is 0.191 e. The van der Waals surface area contributed by atoms with E-state index in [1.165, 1.54) is 49.9 Å². The molecular weight excluding hydrogens is 372 g/mol. The quantitative estimate of drug-likeness (QED) is 0.569. The Kier molecular flexibility index (Phi) is 6.07. The van der Waals surface area contributed by atoms with Crippen molar-refractivity contribution in [3.8, 4) is 0 Å². The molecule has 30 heavy (non-hydrogen) atoms. The van der Waals surface area contributed by atoms with E-state index in [9.17, 15) is 0 Å². The van der Waals surface area contributed by atoms with Crippen LogP contribution in [0.5, 0.6) is 0 Å². The van der Waals surface area contributed by atoms with Crippen molar-refractivity contribution in [2.45, 2.75) is 69.5 Å². The van der Waals surface area contributed by atoms with Crippen LogP contribution in [0.4, 0.5) is 0 Å². The van der Waals surface area contributed by atoms with Gasteiger partial charge in [0.1, 0.15) is 5.76 Å². The lowest BCUT2D eigenvalue weighted by atomic mass is 9.88. The molecule has 2 fully saturated rings. The molecule has 0 spiro atoms. The molecule has 5 heteroatoms. The van der Waals surface area contributed by atoms with Crippen molar-refractivity contribution < 1.29 is 4.42 Å². The van der Waals surface area contributed by atoms with Gasteiger partial charge in [-0.2, -0.15) is 0 Å². The number of guanidine groups is 1. The van der Waals surface area contributed by atoms with Gasteiger partial charge in [0.15, 0.2) is 5.96 Å². The summed E-state index contributed by atoms with van der Waals surface area (Å²) in [6.07, 6.45) is 11.2. The van der Waals surface area contributed by atoms with Gasteiger partial charge in [0, 0.05) is 44.2 Å². The van der Waals surface area contributed by atoms with Crippen LogP contribution in [0.2, 0.25) is 0 Å². The molecule has 1 saturated carbocycles. The zero-order valence-electron chi connectivity index (χ0n) is 17.9. The summed E-state index contributed by atoms with van der Waals surface area (Å²) in [7, 11) is 0. The molecule has 1 saturated heterocycles. The molecule has 5 nitrogen and oxygen atoms in total. The highest BCUT2D eigenvalue weighted by molar-refractivity contribution is 5.80. The first-order chi connectivity index (χ1) is 14.8. The smallest absolute Gasteiger partial charge is 0.191 e. The molecule has 5 rings (SSSR count). The summed E-state index contributed by atoms with van der Waals surface area (Å²) in [5, 5.41) is 7.53. The van der Waals surface area contributed by atoms with E-state index in [-0.39, 0.29) is 0 Å². The molecule has 2 aromatic rings. The van der Waals surface area contributed by atoms with E-state index in [2.05, 4.69) is 39.8 Å². The second-order valence-corrected chi connectivity index (χ2v) is 9.10. The summed E-state index contributed by atoms with van der Waals surface area (Å²) in [6.45, 7) is 3.19. The van der Waals surface area contributed by atoms with Gasteiger partial charge in [-0.3, -0.25) is 4.99 Å². The van der Waals surface area contributed by atoms with Gasteiger partial charge in [-0.1, -0.05) is 24.3 Å². The number of furan rings is 1. The second kappa shape index (κ2) is 9.25. The number of hydrogen-bond acceptors (Lipinski definition) is 3. The Morgan fingerprint density at radius 1 is 0.933 bits per heavy atom.